The molecule has 0 aliphatic carbocycles. The molecule has 0 radical (unpaired) electrons. The lowest BCUT2D eigenvalue weighted by atomic mass is 10.0. The van der Waals surface area contributed by atoms with Crippen LogP contribution in [0.3, 0.4) is 0 Å². The summed E-state index contributed by atoms with van der Waals surface area (Å²) in [6.45, 7) is 6.51. The second kappa shape index (κ2) is 68.3. The first kappa shape index (κ1) is 76.9. The van der Waals surface area contributed by atoms with E-state index >= 15 is 0 Å². The van der Waals surface area contributed by atoms with Crippen molar-refractivity contribution >= 4 is 17.9 Å². The van der Waals surface area contributed by atoms with E-state index in [0.29, 0.717) is 19.3 Å². The van der Waals surface area contributed by atoms with E-state index in [2.05, 4.69) is 93.7 Å². The molecule has 0 amide bonds. The average molecular weight is 1120 g/mol. The van der Waals surface area contributed by atoms with E-state index in [-0.39, 0.29) is 31.1 Å². The molecule has 6 nitrogen and oxygen atoms in total. The largest absolute Gasteiger partial charge is 0.462 e. The number of unbranched alkanes of at least 4 members (excludes halogenated alkanes) is 41. The first-order valence-corrected chi connectivity index (χ1v) is 34.9. The predicted octanol–water partition coefficient (Wildman–Crippen LogP) is 24.1. The van der Waals surface area contributed by atoms with Crippen molar-refractivity contribution in [3.63, 3.8) is 0 Å². The molecular weight excluding hydrogens is 985 g/mol. The van der Waals surface area contributed by atoms with Crippen LogP contribution >= 0.6 is 0 Å². The number of ether oxygens (including phenoxy) is 3. The molecule has 0 saturated heterocycles. The van der Waals surface area contributed by atoms with E-state index in [4.69, 9.17) is 14.2 Å². The summed E-state index contributed by atoms with van der Waals surface area (Å²) in [7, 11) is 0. The quantitative estimate of drug-likeness (QED) is 0.0261. The normalized spacial score (nSPS) is 12.5. The highest BCUT2D eigenvalue weighted by molar-refractivity contribution is 5.71. The van der Waals surface area contributed by atoms with Crippen LogP contribution in [-0.4, -0.2) is 37.2 Å². The van der Waals surface area contributed by atoms with Crippen LogP contribution in [0.4, 0.5) is 0 Å². The summed E-state index contributed by atoms with van der Waals surface area (Å²) < 4.78 is 17.0. The zero-order valence-corrected chi connectivity index (χ0v) is 53.3. The number of hydrogen-bond donors (Lipinski definition) is 0. The van der Waals surface area contributed by atoms with Crippen LogP contribution in [0.25, 0.3) is 0 Å². The Morgan fingerprint density at radius 3 is 0.812 bits per heavy atom. The Kier molecular flexibility index (Phi) is 65.7. The number of rotatable bonds is 64. The van der Waals surface area contributed by atoms with Crippen LogP contribution in [0.1, 0.15) is 361 Å². The van der Waals surface area contributed by atoms with Gasteiger partial charge in [0, 0.05) is 19.3 Å². The van der Waals surface area contributed by atoms with E-state index in [1.165, 1.54) is 212 Å². The number of esters is 3. The molecule has 0 aliphatic rings. The van der Waals surface area contributed by atoms with Crippen molar-refractivity contribution in [2.45, 2.75) is 367 Å². The van der Waals surface area contributed by atoms with Crippen LogP contribution in [0.2, 0.25) is 0 Å². The summed E-state index contributed by atoms with van der Waals surface area (Å²) in [5, 5.41) is 0. The summed E-state index contributed by atoms with van der Waals surface area (Å²) in [5.41, 5.74) is 0. The summed E-state index contributed by atoms with van der Waals surface area (Å²) in [6, 6.07) is 0. The second-order valence-electron chi connectivity index (χ2n) is 23.4. The molecule has 0 spiro atoms. The zero-order valence-electron chi connectivity index (χ0n) is 53.3. The summed E-state index contributed by atoms with van der Waals surface area (Å²) in [6.07, 6.45) is 89.3. The fourth-order valence-electron chi connectivity index (χ4n) is 10.2. The maximum absolute atomic E-state index is 12.9. The monoisotopic (exact) mass is 1120 g/mol. The van der Waals surface area contributed by atoms with Crippen molar-refractivity contribution in [1.29, 1.82) is 0 Å². The maximum atomic E-state index is 12.9. The van der Waals surface area contributed by atoms with Crippen LogP contribution in [0.5, 0.6) is 0 Å². The highest BCUT2D eigenvalue weighted by Gasteiger charge is 2.19. The topological polar surface area (TPSA) is 78.9 Å². The van der Waals surface area contributed by atoms with Gasteiger partial charge in [0.25, 0.3) is 0 Å². The second-order valence-corrected chi connectivity index (χ2v) is 23.4. The molecule has 464 valence electrons. The molecule has 6 heteroatoms. The molecule has 0 aromatic carbocycles. The fraction of sp³-hybridized carbons (Fsp3) is 0.797. The molecule has 80 heavy (non-hydrogen) atoms. The van der Waals surface area contributed by atoms with Gasteiger partial charge in [-0.2, -0.15) is 0 Å². The lowest BCUT2D eigenvalue weighted by Gasteiger charge is -2.18. The van der Waals surface area contributed by atoms with Gasteiger partial charge in [-0.25, -0.2) is 0 Å². The Labute approximate surface area is 497 Å². The highest BCUT2D eigenvalue weighted by atomic mass is 16.6. The Bertz CT molecular complexity index is 1470. The third-order valence-electron chi connectivity index (χ3n) is 15.4. The Balaban J connectivity index is 4.21. The zero-order chi connectivity index (χ0) is 57.8. The average Bonchev–Trinajstić information content (AvgIpc) is 3.46. The van der Waals surface area contributed by atoms with Gasteiger partial charge < -0.3 is 14.2 Å². The van der Waals surface area contributed by atoms with E-state index in [0.717, 1.165) is 109 Å². The first-order chi connectivity index (χ1) is 39.5. The lowest BCUT2D eigenvalue weighted by Crippen LogP contribution is -2.30. The van der Waals surface area contributed by atoms with Crippen LogP contribution in [-0.2, 0) is 28.6 Å². The lowest BCUT2D eigenvalue weighted by molar-refractivity contribution is -0.167. The van der Waals surface area contributed by atoms with Gasteiger partial charge in [0.15, 0.2) is 6.10 Å². The minimum absolute atomic E-state index is 0.0751. The van der Waals surface area contributed by atoms with Crippen molar-refractivity contribution in [3.8, 4) is 0 Å². The molecule has 0 N–H and O–H groups in total. The minimum atomic E-state index is -0.779. The maximum Gasteiger partial charge on any atom is 0.306 e. The van der Waals surface area contributed by atoms with Gasteiger partial charge in [-0.1, -0.05) is 331 Å². The number of allylic oxidation sites excluding steroid dienone is 12. The van der Waals surface area contributed by atoms with Crippen LogP contribution in [0, 0.1) is 0 Å². The van der Waals surface area contributed by atoms with Gasteiger partial charge in [-0.3, -0.25) is 14.4 Å². The van der Waals surface area contributed by atoms with Crippen LogP contribution < -0.4 is 0 Å². The minimum Gasteiger partial charge on any atom is -0.462 e. The van der Waals surface area contributed by atoms with E-state index in [1.54, 1.807) is 0 Å². The molecule has 0 aromatic heterocycles. The van der Waals surface area contributed by atoms with Gasteiger partial charge >= 0.3 is 17.9 Å². The van der Waals surface area contributed by atoms with E-state index < -0.39 is 6.10 Å². The Morgan fingerprint density at radius 2 is 0.512 bits per heavy atom. The first-order valence-electron chi connectivity index (χ1n) is 34.9. The van der Waals surface area contributed by atoms with Gasteiger partial charge in [-0.05, 0) is 83.5 Å². The molecule has 1 unspecified atom stereocenters. The summed E-state index contributed by atoms with van der Waals surface area (Å²) >= 11 is 0. The standard InChI is InChI=1S/C74H132O6/c1-4-7-10-13-16-19-22-25-27-29-31-33-34-35-36-37-38-39-40-41-43-44-46-49-52-55-58-61-64-67-73(76)79-70-71(69-78-72(75)66-63-60-57-54-51-48-24-21-18-15-12-9-6-3)80-74(77)68-65-62-59-56-53-50-47-45-42-32-30-28-26-23-20-17-14-11-8-5-2/h7,10,12,15-16,19,21,24-25,27,31,33,71H,4-6,8-9,11,13-14,17-18,20,22-23,26,28-30,32,34-70H2,1-3H3/b10-7-,15-12-,19-16-,24-21-,27-25-,33-31-. The smallest absolute Gasteiger partial charge is 0.306 e. The molecule has 1 atom stereocenters. The van der Waals surface area contributed by atoms with Crippen molar-refractivity contribution in [2.75, 3.05) is 13.2 Å². The fourth-order valence-corrected chi connectivity index (χ4v) is 10.2. The molecule has 0 aliphatic heterocycles. The van der Waals surface area contributed by atoms with Crippen molar-refractivity contribution < 1.29 is 28.6 Å². The van der Waals surface area contributed by atoms with Gasteiger partial charge in [0.05, 0.1) is 0 Å². The number of carbonyl (C=O) groups excluding carboxylic acids is 3. The van der Waals surface area contributed by atoms with Crippen LogP contribution in [0.15, 0.2) is 72.9 Å². The number of carbonyl (C=O) groups is 3. The molecule has 0 fully saturated rings. The Hall–Kier alpha value is -3.15. The summed E-state index contributed by atoms with van der Waals surface area (Å²) in [4.78, 5) is 38.4. The molecule has 0 heterocycles. The van der Waals surface area contributed by atoms with Gasteiger partial charge in [0.1, 0.15) is 13.2 Å². The summed E-state index contributed by atoms with van der Waals surface area (Å²) in [5.74, 6) is -0.867. The van der Waals surface area contributed by atoms with Gasteiger partial charge in [-0.15, -0.1) is 0 Å². The predicted molar refractivity (Wildman–Crippen MR) is 348 cm³/mol. The highest BCUT2D eigenvalue weighted by Crippen LogP contribution is 2.18. The van der Waals surface area contributed by atoms with Crippen molar-refractivity contribution in [1.82, 2.24) is 0 Å². The van der Waals surface area contributed by atoms with Crippen molar-refractivity contribution in [2.24, 2.45) is 0 Å². The third kappa shape index (κ3) is 65.7. The molecule has 0 aromatic rings. The molecule has 0 rings (SSSR count). The van der Waals surface area contributed by atoms with Gasteiger partial charge in [0.2, 0.25) is 0 Å². The molecule has 0 saturated carbocycles. The Morgan fingerprint density at radius 1 is 0.263 bits per heavy atom. The van der Waals surface area contributed by atoms with E-state index in [1.807, 2.05) is 0 Å². The molecular formula is C74H132O6. The molecule has 0 bridgehead atoms. The van der Waals surface area contributed by atoms with E-state index in [9.17, 15) is 14.4 Å². The number of hydrogen-bond acceptors (Lipinski definition) is 6. The SMILES string of the molecule is CC/C=C\C/C=C\C/C=C\C/C=C\CCCCCCCCCCCCCCCCCCC(=O)OCC(COC(=O)CCCCCCC/C=C\C/C=C\CCC)OC(=O)CCCCCCCCCCCCCCCCCCCCCC. The third-order valence-corrected chi connectivity index (χ3v) is 15.4. The van der Waals surface area contributed by atoms with Crippen molar-refractivity contribution in [3.05, 3.63) is 72.9 Å².